The first-order chi connectivity index (χ1) is 9.58. The Bertz CT molecular complexity index is 648. The fraction of sp³-hybridized carbons (Fsp3) is 0.571. The number of aryl methyl sites for hydroxylation is 1. The van der Waals surface area contributed by atoms with Gasteiger partial charge in [-0.15, -0.1) is 0 Å². The van der Waals surface area contributed by atoms with E-state index < -0.39 is 22.8 Å². The number of hydrogen-bond acceptors (Lipinski definition) is 5. The molecule has 7 heteroatoms. The van der Waals surface area contributed by atoms with Crippen molar-refractivity contribution in [3.05, 3.63) is 21.6 Å². The minimum atomic E-state index is -0.686. The summed E-state index contributed by atoms with van der Waals surface area (Å²) in [6, 6.07) is 1.64. The van der Waals surface area contributed by atoms with Crippen LogP contribution < -0.4 is 5.56 Å². The van der Waals surface area contributed by atoms with Gasteiger partial charge < -0.3 is 10.0 Å². The van der Waals surface area contributed by atoms with Gasteiger partial charge in [0.2, 0.25) is 0 Å². The van der Waals surface area contributed by atoms with E-state index in [4.69, 9.17) is 5.26 Å². The van der Waals surface area contributed by atoms with E-state index in [1.807, 2.05) is 20.8 Å². The van der Waals surface area contributed by atoms with Crippen LogP contribution in [0.1, 0.15) is 43.2 Å². The van der Waals surface area contributed by atoms with Crippen molar-refractivity contribution in [1.82, 2.24) is 14.7 Å². The van der Waals surface area contributed by atoms with Crippen molar-refractivity contribution < 1.29 is 9.90 Å². The van der Waals surface area contributed by atoms with E-state index in [1.54, 1.807) is 6.07 Å². The fourth-order valence-electron chi connectivity index (χ4n) is 1.61. The smallest absolute Gasteiger partial charge is 0.288 e. The molecule has 1 heterocycles. The highest BCUT2D eigenvalue weighted by Gasteiger charge is 2.23. The molecule has 0 radical (unpaired) electrons. The fourth-order valence-corrected chi connectivity index (χ4v) is 1.61. The maximum atomic E-state index is 12.1. The van der Waals surface area contributed by atoms with Crippen molar-refractivity contribution in [2.24, 2.45) is 5.41 Å². The summed E-state index contributed by atoms with van der Waals surface area (Å²) in [5, 5.41) is 22.8. The molecule has 0 spiro atoms. The van der Waals surface area contributed by atoms with Crippen LogP contribution >= 0.6 is 0 Å². The van der Waals surface area contributed by atoms with Gasteiger partial charge in [-0.25, -0.2) is 4.68 Å². The Kier molecular flexibility index (Phi) is 4.73. The number of aromatic hydroxyl groups is 1. The Morgan fingerprint density at radius 2 is 2.00 bits per heavy atom. The molecule has 0 aliphatic heterocycles. The molecule has 1 amide bonds. The minimum absolute atomic E-state index is 0.0302. The largest absolute Gasteiger partial charge is 0.504 e. The predicted octanol–water partition coefficient (Wildman–Crippen LogP) is 0.959. The van der Waals surface area contributed by atoms with E-state index in [9.17, 15) is 14.7 Å². The van der Waals surface area contributed by atoms with Crippen LogP contribution in [-0.2, 0) is 6.54 Å². The first-order valence-corrected chi connectivity index (χ1v) is 6.54. The Morgan fingerprint density at radius 1 is 1.43 bits per heavy atom. The van der Waals surface area contributed by atoms with E-state index in [0.29, 0.717) is 6.42 Å². The molecule has 0 unspecified atom stereocenters. The number of amides is 1. The summed E-state index contributed by atoms with van der Waals surface area (Å²) in [7, 11) is 3.00. The number of nitriles is 1. The van der Waals surface area contributed by atoms with Crippen LogP contribution in [0.3, 0.4) is 0 Å². The molecule has 0 aromatic carbocycles. The van der Waals surface area contributed by atoms with Gasteiger partial charge >= 0.3 is 0 Å². The van der Waals surface area contributed by atoms with Gasteiger partial charge in [0, 0.05) is 20.6 Å². The first kappa shape index (κ1) is 16.7. The number of rotatable bonds is 3. The van der Waals surface area contributed by atoms with E-state index in [0.717, 1.165) is 4.68 Å². The third-order valence-corrected chi connectivity index (χ3v) is 2.92. The van der Waals surface area contributed by atoms with Gasteiger partial charge in [-0.05, 0) is 11.8 Å². The molecule has 0 atom stereocenters. The quantitative estimate of drug-likeness (QED) is 0.894. The molecule has 1 rings (SSSR count). The Balaban J connectivity index is 3.40. The Hall–Kier alpha value is -2.36. The molecule has 1 aromatic rings. The molecule has 21 heavy (non-hydrogen) atoms. The molecular formula is C14H20N4O3. The zero-order valence-corrected chi connectivity index (χ0v) is 13.0. The van der Waals surface area contributed by atoms with Crippen LogP contribution in [0, 0.1) is 16.7 Å². The second-order valence-corrected chi connectivity index (χ2v) is 6.22. The third kappa shape index (κ3) is 3.81. The standard InChI is InChI=1S/C14H20N4O3/c1-14(2,3)6-7-18-12(20)9(8-15)11(19)10(16-18)13(21)17(4)5/h19H,6-7H2,1-5H3. The van der Waals surface area contributed by atoms with Crippen LogP contribution in [0.4, 0.5) is 0 Å². The summed E-state index contributed by atoms with van der Waals surface area (Å²) in [5.74, 6) is -1.22. The van der Waals surface area contributed by atoms with Crippen LogP contribution in [0.5, 0.6) is 5.75 Å². The molecule has 0 bridgehead atoms. The molecule has 0 saturated heterocycles. The van der Waals surface area contributed by atoms with Crippen LogP contribution in [0.15, 0.2) is 4.79 Å². The van der Waals surface area contributed by atoms with Gasteiger partial charge in [0.05, 0.1) is 0 Å². The monoisotopic (exact) mass is 292 g/mol. The Labute approximate surface area is 123 Å². The highest BCUT2D eigenvalue weighted by molar-refractivity contribution is 5.94. The number of hydrogen-bond donors (Lipinski definition) is 1. The van der Waals surface area contributed by atoms with Crippen molar-refractivity contribution in [3.8, 4) is 11.8 Å². The van der Waals surface area contributed by atoms with E-state index in [2.05, 4.69) is 5.10 Å². The normalized spacial score (nSPS) is 11.0. The van der Waals surface area contributed by atoms with Gasteiger partial charge in [0.1, 0.15) is 6.07 Å². The summed E-state index contributed by atoms with van der Waals surface area (Å²) in [6.45, 7) is 6.30. The zero-order chi connectivity index (χ0) is 16.4. The van der Waals surface area contributed by atoms with Crippen LogP contribution in [0.25, 0.3) is 0 Å². The van der Waals surface area contributed by atoms with Crippen molar-refractivity contribution in [2.45, 2.75) is 33.7 Å². The van der Waals surface area contributed by atoms with Crippen molar-refractivity contribution >= 4 is 5.91 Å². The molecule has 1 N–H and O–H groups in total. The zero-order valence-electron chi connectivity index (χ0n) is 13.0. The lowest BCUT2D eigenvalue weighted by Crippen LogP contribution is -2.32. The summed E-state index contributed by atoms with van der Waals surface area (Å²) in [6.07, 6.45) is 0.644. The molecule has 1 aromatic heterocycles. The summed E-state index contributed by atoms with van der Waals surface area (Å²) in [5.41, 5.74) is -1.46. The van der Waals surface area contributed by atoms with Crippen molar-refractivity contribution in [1.29, 1.82) is 5.26 Å². The van der Waals surface area contributed by atoms with Crippen molar-refractivity contribution in [2.75, 3.05) is 14.1 Å². The lowest BCUT2D eigenvalue weighted by Gasteiger charge is -2.19. The number of carbonyl (C=O) groups is 1. The lowest BCUT2D eigenvalue weighted by atomic mass is 9.92. The van der Waals surface area contributed by atoms with Gasteiger partial charge in [0.25, 0.3) is 11.5 Å². The highest BCUT2D eigenvalue weighted by atomic mass is 16.3. The topological polar surface area (TPSA) is 99.2 Å². The predicted molar refractivity (Wildman–Crippen MR) is 77.0 cm³/mol. The summed E-state index contributed by atoms with van der Waals surface area (Å²) < 4.78 is 1.07. The lowest BCUT2D eigenvalue weighted by molar-refractivity contribution is 0.0815. The summed E-state index contributed by atoms with van der Waals surface area (Å²) >= 11 is 0. The molecule has 7 nitrogen and oxygen atoms in total. The Morgan fingerprint density at radius 3 is 2.43 bits per heavy atom. The van der Waals surface area contributed by atoms with E-state index in [1.165, 1.54) is 19.0 Å². The third-order valence-electron chi connectivity index (χ3n) is 2.92. The first-order valence-electron chi connectivity index (χ1n) is 6.54. The van der Waals surface area contributed by atoms with Gasteiger partial charge in [-0.2, -0.15) is 10.4 Å². The van der Waals surface area contributed by atoms with Gasteiger partial charge in [-0.1, -0.05) is 20.8 Å². The second kappa shape index (κ2) is 5.95. The maximum Gasteiger partial charge on any atom is 0.288 e. The average molecular weight is 292 g/mol. The molecule has 0 fully saturated rings. The van der Waals surface area contributed by atoms with Crippen LogP contribution in [-0.4, -0.2) is 39.8 Å². The maximum absolute atomic E-state index is 12.1. The molecule has 0 aliphatic rings. The van der Waals surface area contributed by atoms with Crippen LogP contribution in [0.2, 0.25) is 0 Å². The minimum Gasteiger partial charge on any atom is -0.504 e. The second-order valence-electron chi connectivity index (χ2n) is 6.22. The molecule has 0 aliphatic carbocycles. The van der Waals surface area contributed by atoms with Gasteiger partial charge in [0.15, 0.2) is 17.0 Å². The van der Waals surface area contributed by atoms with E-state index in [-0.39, 0.29) is 17.7 Å². The number of carbonyl (C=O) groups excluding carboxylic acids is 1. The van der Waals surface area contributed by atoms with Crippen molar-refractivity contribution in [3.63, 3.8) is 0 Å². The SMILES string of the molecule is CN(C)C(=O)c1nn(CCC(C)(C)C)c(=O)c(C#N)c1O. The molecule has 114 valence electrons. The molecular weight excluding hydrogens is 272 g/mol. The number of nitrogens with zero attached hydrogens (tertiary/aromatic N) is 4. The summed E-state index contributed by atoms with van der Waals surface area (Å²) in [4.78, 5) is 25.3. The highest BCUT2D eigenvalue weighted by Crippen LogP contribution is 2.21. The number of aromatic nitrogens is 2. The van der Waals surface area contributed by atoms with Gasteiger partial charge in [-0.3, -0.25) is 9.59 Å². The van der Waals surface area contributed by atoms with E-state index >= 15 is 0 Å². The average Bonchev–Trinajstić information content (AvgIpc) is 2.36. The molecule has 0 saturated carbocycles.